The number of aliphatic carboxylic acids is 1. The monoisotopic (exact) mass is 1200 g/mol. The fraction of sp³-hybridized carbons (Fsp3) is 0.237. The van der Waals surface area contributed by atoms with E-state index in [0.29, 0.717) is 5.56 Å². The number of nitrogens with two attached hydrogens (primary N) is 1. The van der Waals surface area contributed by atoms with Crippen LogP contribution in [0.25, 0.3) is 11.1 Å². The first kappa shape index (κ1) is 59.9. The van der Waals surface area contributed by atoms with Gasteiger partial charge in [0.1, 0.15) is 71.2 Å². The van der Waals surface area contributed by atoms with Crippen molar-refractivity contribution in [2.75, 3.05) is 0 Å². The van der Waals surface area contributed by atoms with Gasteiger partial charge in [-0.25, -0.2) is 4.79 Å². The lowest BCUT2D eigenvalue weighted by atomic mass is 9.89. The van der Waals surface area contributed by atoms with Gasteiger partial charge < -0.3 is 91.6 Å². The number of carbonyl (C=O) groups excluding carboxylic acids is 7. The van der Waals surface area contributed by atoms with Crippen molar-refractivity contribution in [1.29, 1.82) is 0 Å². The molecule has 26 nitrogen and oxygen atoms in total. The van der Waals surface area contributed by atoms with Crippen LogP contribution in [-0.4, -0.2) is 116 Å². The molecule has 0 aromatic heterocycles. The van der Waals surface area contributed by atoms with E-state index in [9.17, 15) is 54.3 Å². The van der Waals surface area contributed by atoms with Crippen LogP contribution in [0.4, 0.5) is 0 Å². The first-order valence-electron chi connectivity index (χ1n) is 26.2. The summed E-state index contributed by atoms with van der Waals surface area (Å²) in [6, 6.07) is 4.72. The second-order valence-electron chi connectivity index (χ2n) is 20.1. The van der Waals surface area contributed by atoms with E-state index in [0.717, 1.165) is 36.4 Å². The Labute approximate surface area is 494 Å². The average molecular weight is 1200 g/mol. The van der Waals surface area contributed by atoms with E-state index >= 15 is 9.59 Å². The number of ether oxygens (including phenoxy) is 6. The minimum atomic E-state index is -2.19. The molecule has 7 aliphatic rings. The number of carboxylic acids is 1. The molecule has 2 saturated heterocycles. The van der Waals surface area contributed by atoms with Crippen LogP contribution in [0.5, 0.6) is 46.0 Å². The molecule has 0 spiro atoms. The maximum atomic E-state index is 15.7. The summed E-state index contributed by atoms with van der Waals surface area (Å²) < 4.78 is 38.1. The average Bonchev–Trinajstić information content (AvgIpc) is 0.917. The van der Waals surface area contributed by atoms with Crippen LogP contribution < -0.4 is 51.8 Å². The molecule has 1 unspecified atom stereocenters. The van der Waals surface area contributed by atoms with Crippen molar-refractivity contribution in [2.24, 2.45) is 5.73 Å². The molecule has 5 aromatic carbocycles. The van der Waals surface area contributed by atoms with Crippen molar-refractivity contribution >= 4 is 58.9 Å². The number of hydrogen-bond acceptors (Lipinski definition) is 18. The number of fused-ring (bicyclic) bond motifs is 15. The third-order valence-electron chi connectivity index (χ3n) is 14.0. The molecule has 11 bridgehead atoms. The predicted molar refractivity (Wildman–Crippen MR) is 294 cm³/mol. The molecule has 443 valence electrons. The third-order valence-corrected chi connectivity index (χ3v) is 14.3. The van der Waals surface area contributed by atoms with Crippen LogP contribution in [0.3, 0.4) is 0 Å². The van der Waals surface area contributed by atoms with Gasteiger partial charge in [0.2, 0.25) is 53.4 Å². The van der Waals surface area contributed by atoms with Crippen molar-refractivity contribution in [3.63, 3.8) is 0 Å². The van der Waals surface area contributed by atoms with Crippen LogP contribution in [0.2, 0.25) is 5.02 Å². The minimum absolute atomic E-state index is 0.0518. The number of rotatable bonds is 8. The Bertz CT molecular complexity index is 3530. The third kappa shape index (κ3) is 13.2. The lowest BCUT2D eigenvalue weighted by molar-refractivity contribution is -0.233. The Hall–Kier alpha value is -9.21. The molecular formula is C59H51ClN7O19. The highest BCUT2D eigenvalue weighted by atomic mass is 35.5. The molecule has 27 heteroatoms. The van der Waals surface area contributed by atoms with Crippen molar-refractivity contribution < 1.29 is 92.3 Å². The smallest absolute Gasteiger partial charge is 0.330 e. The summed E-state index contributed by atoms with van der Waals surface area (Å²) in [6.07, 6.45) is 2.81. The molecule has 0 saturated carbocycles. The van der Waals surface area contributed by atoms with Crippen LogP contribution in [0.15, 0.2) is 84.9 Å². The van der Waals surface area contributed by atoms with Gasteiger partial charge in [0.25, 0.3) is 0 Å². The Kier molecular flexibility index (Phi) is 17.5. The quantitative estimate of drug-likeness (QED) is 0.106. The maximum absolute atomic E-state index is 15.7. The normalized spacial score (nSPS) is 25.9. The lowest BCUT2D eigenvalue weighted by Gasteiger charge is -2.36. The second kappa shape index (κ2) is 25.2. The van der Waals surface area contributed by atoms with Gasteiger partial charge in [-0.1, -0.05) is 35.9 Å². The highest BCUT2D eigenvalue weighted by molar-refractivity contribution is 6.32. The first-order chi connectivity index (χ1) is 41.1. The summed E-state index contributed by atoms with van der Waals surface area (Å²) in [4.78, 5) is 113. The van der Waals surface area contributed by atoms with Crippen molar-refractivity contribution in [2.45, 2.75) is 86.9 Å². The highest BCUT2D eigenvalue weighted by Gasteiger charge is 2.42. The van der Waals surface area contributed by atoms with E-state index in [4.69, 9.17) is 52.7 Å². The Morgan fingerprint density at radius 1 is 0.791 bits per heavy atom. The molecule has 11 atom stereocenters. The number of amides is 7. The maximum Gasteiger partial charge on any atom is 0.330 e. The molecular weight excluding hydrogens is 1150 g/mol. The number of carboxylic acid groups (broad SMARTS) is 1. The molecule has 5 aromatic rings. The van der Waals surface area contributed by atoms with E-state index in [2.05, 4.69) is 38.3 Å². The summed E-state index contributed by atoms with van der Waals surface area (Å²) in [6.45, 7) is 8.56. The molecule has 7 amide bonds. The molecule has 12 rings (SSSR count). The largest absolute Gasteiger partial charge is 0.508 e. The van der Waals surface area contributed by atoms with E-state index in [1.807, 2.05) is 0 Å². The zero-order valence-corrected chi connectivity index (χ0v) is 45.5. The fourth-order valence-electron chi connectivity index (χ4n) is 9.97. The standard InChI is InChI=1S/C59H51ClN7O19/c1-25-5-3-7-45(82-25)85-41-6-4-16-81-59(41)86-52-42-20-30-21-43(52)84-40-15-11-29(19-35(40)60)51(73)50-57(78)66-49(58(79)80)34-22-31(69)23-39(71)46(34)33-18-28(10-14-38(33)70)47(55(76)67-50)65-56(77)48(30)64-54(75)37(24-44(61)72)63-53(74)36(62-26(2)68)17-27-8-12-32(83-42)13-9-27/h2,4-6,8-23,25,36-37,41,45,47-51,59,69-71,73H,7,24H2,1H3,(H2,61,72)(H,62,68)(H,63,74)(H,64,75)(H,65,77)(H,66,78)(H,67,76)(H,79,80)/t25-,36+,37-,41+,45-,47-,48+,49-,50-,51?,59-/m0/s1. The number of nitrogens with one attached hydrogen (secondary N) is 6. The molecule has 7 aliphatic heterocycles. The van der Waals surface area contributed by atoms with Gasteiger partial charge >= 0.3 is 5.97 Å². The molecule has 13 N–H and O–H groups in total. The number of aromatic hydroxyl groups is 3. The Morgan fingerprint density at radius 3 is 2.21 bits per heavy atom. The van der Waals surface area contributed by atoms with Crippen molar-refractivity contribution in [1.82, 2.24) is 31.9 Å². The minimum Gasteiger partial charge on any atom is -0.508 e. The number of primary amides is 1. The molecule has 9 radical (unpaired) electrons. The molecule has 86 heavy (non-hydrogen) atoms. The summed E-state index contributed by atoms with van der Waals surface area (Å²) in [5.41, 5.74) is 3.84. The summed E-state index contributed by atoms with van der Waals surface area (Å²) in [5, 5.41) is 70.4. The van der Waals surface area contributed by atoms with Gasteiger partial charge in [-0.3, -0.25) is 33.6 Å². The number of hydrogen-bond donors (Lipinski definition) is 12. The highest BCUT2D eigenvalue weighted by Crippen LogP contribution is 2.48. The summed E-state index contributed by atoms with van der Waals surface area (Å²) >= 11 is 6.99. The van der Waals surface area contributed by atoms with Gasteiger partial charge in [0, 0.05) is 42.0 Å². The zero-order chi connectivity index (χ0) is 61.2. The Balaban J connectivity index is 1.21. The van der Waals surface area contributed by atoms with Crippen LogP contribution in [0.1, 0.15) is 71.8 Å². The summed E-state index contributed by atoms with van der Waals surface area (Å²) in [7, 11) is 0. The molecule has 0 aliphatic carbocycles. The number of benzene rings is 5. The Morgan fingerprint density at radius 2 is 1.50 bits per heavy atom. The first-order valence-corrected chi connectivity index (χ1v) is 26.6. The van der Waals surface area contributed by atoms with E-state index in [1.165, 1.54) is 61.6 Å². The van der Waals surface area contributed by atoms with Gasteiger partial charge in [0.05, 0.1) is 31.1 Å². The SMILES string of the molecule is [CH]C(=O)N[C@@H]1[CH]c2ccc(cc2)Oc2cc3cc(c2O[C@@H]2O[CH][CH][CH][C@H]2O[C@H]2C[C][CH][C@H](C)O2)Oc2ccc(cc2Cl)C(O)[C@@H]2NC(=O)[C@@H](NC(=O)[C@@H]3NC(=O)[C@H](CC(N)=O)NC1=O)c1ccc(O)c(c1)-c1c(O)cc(O)cc1[C@@H](C(=O)O)NC2=O. The van der Waals surface area contributed by atoms with Crippen LogP contribution in [0, 0.1) is 45.6 Å². The second-order valence-corrected chi connectivity index (χ2v) is 20.5. The van der Waals surface area contributed by atoms with Gasteiger partial charge in [-0.05, 0) is 103 Å². The van der Waals surface area contributed by atoms with Gasteiger partial charge in [0.15, 0.2) is 23.8 Å². The number of halogens is 1. The zero-order valence-electron chi connectivity index (χ0n) is 44.7. The van der Waals surface area contributed by atoms with E-state index in [1.54, 1.807) is 26.2 Å². The number of aliphatic hydroxyl groups excluding tert-OH is 1. The van der Waals surface area contributed by atoms with E-state index < -0.39 is 149 Å². The number of aliphatic hydroxyl groups is 1. The number of phenols is 3. The predicted octanol–water partition coefficient (Wildman–Crippen LogP) is 2.74. The lowest BCUT2D eigenvalue weighted by Crippen LogP contribution is -2.56. The van der Waals surface area contributed by atoms with Gasteiger partial charge in [-0.15, -0.1) is 0 Å². The summed E-state index contributed by atoms with van der Waals surface area (Å²) in [5.74, 6) is -13.7. The van der Waals surface area contributed by atoms with Crippen molar-refractivity contribution in [3.8, 4) is 57.1 Å². The van der Waals surface area contributed by atoms with Crippen LogP contribution >= 0.6 is 11.6 Å². The molecule has 7 heterocycles. The number of phenolic OH excluding ortho intramolecular Hbond substituents is 3. The van der Waals surface area contributed by atoms with Crippen LogP contribution in [-0.2, 0) is 52.6 Å². The van der Waals surface area contributed by atoms with Gasteiger partial charge in [-0.2, -0.15) is 0 Å². The van der Waals surface area contributed by atoms with Crippen molar-refractivity contribution in [3.05, 3.63) is 163 Å². The van der Waals surface area contributed by atoms with E-state index in [-0.39, 0.29) is 63.0 Å². The number of carbonyl (C=O) groups is 8. The topological polar surface area (TPSA) is 391 Å². The fourth-order valence-corrected chi connectivity index (χ4v) is 10.2. The molecule has 2 fully saturated rings.